The Kier molecular flexibility index (Phi) is 9.28. The van der Waals surface area contributed by atoms with Crippen LogP contribution in [0, 0.1) is 0 Å². The normalized spacial score (nSPS) is 14.6. The van der Waals surface area contributed by atoms with Crippen molar-refractivity contribution in [1.82, 2.24) is 4.90 Å². The number of amides is 2. The minimum atomic E-state index is -0.935. The van der Waals surface area contributed by atoms with Gasteiger partial charge in [0.2, 0.25) is 11.8 Å². The van der Waals surface area contributed by atoms with E-state index in [4.69, 9.17) is 10.8 Å². The van der Waals surface area contributed by atoms with Crippen LogP contribution in [-0.4, -0.2) is 40.9 Å². The van der Waals surface area contributed by atoms with Crippen molar-refractivity contribution in [3.8, 4) is 0 Å². The first-order valence-corrected chi connectivity index (χ1v) is 6.82. The number of imide groups is 1. The number of piperidine rings is 1. The zero-order chi connectivity index (χ0) is 15.5. The topological polar surface area (TPSA) is 101 Å². The molecule has 0 aliphatic carbocycles. The molecule has 2 amide bonds. The van der Waals surface area contributed by atoms with Crippen LogP contribution in [0.15, 0.2) is 12.2 Å². The maximum absolute atomic E-state index is 11.3. The number of unbranched alkanes of at least 4 members (excludes halogenated alkanes) is 2. The van der Waals surface area contributed by atoms with Crippen molar-refractivity contribution >= 4 is 17.8 Å². The van der Waals surface area contributed by atoms with Crippen LogP contribution >= 0.6 is 0 Å². The third kappa shape index (κ3) is 7.68. The minimum absolute atomic E-state index is 0.00556. The summed E-state index contributed by atoms with van der Waals surface area (Å²) >= 11 is 0. The van der Waals surface area contributed by atoms with E-state index in [1.54, 1.807) is 0 Å². The number of nitrogens with zero attached hydrogens (tertiary/aromatic N) is 1. The van der Waals surface area contributed by atoms with Crippen LogP contribution < -0.4 is 5.73 Å². The summed E-state index contributed by atoms with van der Waals surface area (Å²) in [5.41, 5.74) is 5.53. The van der Waals surface area contributed by atoms with Gasteiger partial charge in [-0.05, 0) is 32.7 Å². The number of carbonyl (C=O) groups is 3. The van der Waals surface area contributed by atoms with Gasteiger partial charge in [0, 0.05) is 25.0 Å². The van der Waals surface area contributed by atoms with Gasteiger partial charge in [-0.15, -0.1) is 0 Å². The Labute approximate surface area is 119 Å². The predicted molar refractivity (Wildman–Crippen MR) is 75.9 cm³/mol. The molecule has 1 heterocycles. The fraction of sp³-hybridized carbons (Fsp3) is 0.643. The van der Waals surface area contributed by atoms with Crippen molar-refractivity contribution in [2.45, 2.75) is 45.4 Å². The van der Waals surface area contributed by atoms with Gasteiger partial charge in [0.25, 0.3) is 0 Å². The number of carbonyl (C=O) groups excluding carboxylic acids is 2. The molecule has 0 aromatic heterocycles. The Hall–Kier alpha value is -1.69. The fourth-order valence-electron chi connectivity index (χ4n) is 1.64. The lowest BCUT2D eigenvalue weighted by atomic mass is 10.1. The highest BCUT2D eigenvalue weighted by molar-refractivity contribution is 5.97. The van der Waals surface area contributed by atoms with Crippen molar-refractivity contribution in [2.24, 2.45) is 5.73 Å². The number of hydrogen-bond donors (Lipinski definition) is 2. The first kappa shape index (κ1) is 18.3. The third-order valence-electron chi connectivity index (χ3n) is 2.83. The molecule has 3 N–H and O–H groups in total. The molecule has 20 heavy (non-hydrogen) atoms. The zero-order valence-corrected chi connectivity index (χ0v) is 12.1. The van der Waals surface area contributed by atoms with E-state index in [9.17, 15) is 14.4 Å². The Balaban J connectivity index is 0.000000511. The van der Waals surface area contributed by atoms with Crippen LogP contribution in [0.2, 0.25) is 0 Å². The van der Waals surface area contributed by atoms with Gasteiger partial charge in [-0.1, -0.05) is 13.0 Å². The Morgan fingerprint density at radius 2 is 1.75 bits per heavy atom. The molecule has 0 spiro atoms. The van der Waals surface area contributed by atoms with Crippen LogP contribution in [0.4, 0.5) is 0 Å². The summed E-state index contributed by atoms with van der Waals surface area (Å²) < 4.78 is 0. The SMILES string of the molecule is C=C(C)C(=O)O.NCCCCCN1C(=O)CCCC1=O. The van der Waals surface area contributed by atoms with Gasteiger partial charge in [-0.25, -0.2) is 4.79 Å². The lowest BCUT2D eigenvalue weighted by molar-refractivity contribution is -0.148. The van der Waals surface area contributed by atoms with E-state index in [0.29, 0.717) is 25.9 Å². The molecule has 0 bridgehead atoms. The number of carboxylic acids is 1. The number of rotatable bonds is 6. The standard InChI is InChI=1S/C10H18N2O2.C4H6O2/c11-7-2-1-3-8-12-9(13)5-4-6-10(12)14;1-3(2)4(5)6/h1-8,11H2;1H2,2H3,(H,5,6). The monoisotopic (exact) mass is 284 g/mol. The molecule has 0 saturated carbocycles. The Bertz CT molecular complexity index is 338. The summed E-state index contributed by atoms with van der Waals surface area (Å²) in [4.78, 5) is 33.7. The van der Waals surface area contributed by atoms with Crippen molar-refractivity contribution in [2.75, 3.05) is 13.1 Å². The van der Waals surface area contributed by atoms with E-state index >= 15 is 0 Å². The molecule has 0 atom stereocenters. The predicted octanol–water partition coefficient (Wildman–Crippen LogP) is 1.30. The number of hydrogen-bond acceptors (Lipinski definition) is 4. The van der Waals surface area contributed by atoms with E-state index in [1.807, 2.05) is 0 Å². The highest BCUT2D eigenvalue weighted by atomic mass is 16.4. The quantitative estimate of drug-likeness (QED) is 0.435. The van der Waals surface area contributed by atoms with Gasteiger partial charge in [0.05, 0.1) is 0 Å². The first-order chi connectivity index (χ1) is 9.40. The minimum Gasteiger partial charge on any atom is -0.478 e. The van der Waals surface area contributed by atoms with E-state index in [0.717, 1.165) is 25.7 Å². The number of likely N-dealkylation sites (tertiary alicyclic amines) is 1. The second-order valence-electron chi connectivity index (χ2n) is 4.73. The highest BCUT2D eigenvalue weighted by Gasteiger charge is 2.24. The lowest BCUT2D eigenvalue weighted by Gasteiger charge is -2.24. The highest BCUT2D eigenvalue weighted by Crippen LogP contribution is 2.13. The van der Waals surface area contributed by atoms with Crippen LogP contribution in [0.5, 0.6) is 0 Å². The van der Waals surface area contributed by atoms with Crippen LogP contribution in [0.25, 0.3) is 0 Å². The molecule has 6 heteroatoms. The molecule has 1 rings (SSSR count). The van der Waals surface area contributed by atoms with Crippen LogP contribution in [0.1, 0.15) is 45.4 Å². The molecule has 0 radical (unpaired) electrons. The Morgan fingerprint density at radius 1 is 1.25 bits per heavy atom. The molecule has 0 unspecified atom stereocenters. The molecule has 6 nitrogen and oxygen atoms in total. The van der Waals surface area contributed by atoms with E-state index in [1.165, 1.54) is 11.8 Å². The molecule has 1 saturated heterocycles. The van der Waals surface area contributed by atoms with Crippen molar-refractivity contribution in [3.05, 3.63) is 12.2 Å². The summed E-state index contributed by atoms with van der Waals surface area (Å²) in [7, 11) is 0. The average molecular weight is 284 g/mol. The second kappa shape index (κ2) is 10.1. The largest absolute Gasteiger partial charge is 0.478 e. The average Bonchev–Trinajstić information content (AvgIpc) is 2.38. The van der Waals surface area contributed by atoms with Crippen LogP contribution in [0.3, 0.4) is 0 Å². The molecular formula is C14H24N2O4. The summed E-state index contributed by atoms with van der Waals surface area (Å²) in [6.45, 7) is 5.87. The van der Waals surface area contributed by atoms with Gasteiger partial charge in [0.1, 0.15) is 0 Å². The molecule has 0 aromatic rings. The summed E-state index contributed by atoms with van der Waals surface area (Å²) in [6, 6.07) is 0. The summed E-state index contributed by atoms with van der Waals surface area (Å²) in [5, 5.41) is 7.89. The molecule has 0 aromatic carbocycles. The van der Waals surface area contributed by atoms with E-state index in [2.05, 4.69) is 6.58 Å². The van der Waals surface area contributed by atoms with Gasteiger partial charge < -0.3 is 10.8 Å². The van der Waals surface area contributed by atoms with Crippen LogP contribution in [-0.2, 0) is 14.4 Å². The molecule has 114 valence electrons. The van der Waals surface area contributed by atoms with Crippen molar-refractivity contribution in [1.29, 1.82) is 0 Å². The summed E-state index contributed by atoms with van der Waals surface area (Å²) in [6.07, 6.45) is 4.63. The van der Waals surface area contributed by atoms with Gasteiger partial charge in [-0.2, -0.15) is 0 Å². The summed E-state index contributed by atoms with van der Waals surface area (Å²) in [5.74, 6) is -0.946. The molecular weight excluding hydrogens is 260 g/mol. The fourth-order valence-corrected chi connectivity index (χ4v) is 1.64. The van der Waals surface area contributed by atoms with Crippen molar-refractivity contribution < 1.29 is 19.5 Å². The smallest absolute Gasteiger partial charge is 0.330 e. The molecule has 1 aliphatic heterocycles. The number of nitrogens with two attached hydrogens (primary N) is 1. The Morgan fingerprint density at radius 3 is 2.15 bits per heavy atom. The maximum atomic E-state index is 11.3. The number of carboxylic acid groups (broad SMARTS) is 1. The first-order valence-electron chi connectivity index (χ1n) is 6.82. The molecule has 1 fully saturated rings. The van der Waals surface area contributed by atoms with Gasteiger partial charge >= 0.3 is 5.97 Å². The lowest BCUT2D eigenvalue weighted by Crippen LogP contribution is -2.40. The second-order valence-corrected chi connectivity index (χ2v) is 4.73. The zero-order valence-electron chi connectivity index (χ0n) is 12.1. The molecule has 1 aliphatic rings. The number of aliphatic carboxylic acids is 1. The van der Waals surface area contributed by atoms with Gasteiger partial charge in [-0.3, -0.25) is 14.5 Å². The van der Waals surface area contributed by atoms with Gasteiger partial charge in [0.15, 0.2) is 0 Å². The maximum Gasteiger partial charge on any atom is 0.330 e. The van der Waals surface area contributed by atoms with E-state index in [-0.39, 0.29) is 17.4 Å². The van der Waals surface area contributed by atoms with E-state index < -0.39 is 5.97 Å². The third-order valence-corrected chi connectivity index (χ3v) is 2.83. The van der Waals surface area contributed by atoms with Crippen molar-refractivity contribution in [3.63, 3.8) is 0 Å².